The van der Waals surface area contributed by atoms with Crippen LogP contribution >= 0.6 is 11.3 Å². The standard InChI is InChI=1S/C18H15NO3S/c1-20-14-8-11(9-15(21-2)17(14)22-3)18-13(10-19)12-6-4-5-7-16(12)23-18/h4-9H,1-3H3. The van der Waals surface area contributed by atoms with Crippen molar-refractivity contribution in [1.29, 1.82) is 5.26 Å². The van der Waals surface area contributed by atoms with Crippen molar-refractivity contribution < 1.29 is 14.2 Å². The third-order valence-corrected chi connectivity index (χ3v) is 4.85. The molecule has 0 aliphatic carbocycles. The Bertz CT molecular complexity index is 883. The van der Waals surface area contributed by atoms with Crippen molar-refractivity contribution >= 4 is 21.4 Å². The maximum absolute atomic E-state index is 9.59. The minimum absolute atomic E-state index is 0.540. The summed E-state index contributed by atoms with van der Waals surface area (Å²) in [6.07, 6.45) is 0. The smallest absolute Gasteiger partial charge is 0.203 e. The molecule has 2 aromatic carbocycles. The number of methoxy groups -OCH3 is 3. The fourth-order valence-electron chi connectivity index (χ4n) is 2.57. The zero-order valence-corrected chi connectivity index (χ0v) is 13.9. The second-order valence-electron chi connectivity index (χ2n) is 4.83. The van der Waals surface area contributed by atoms with Gasteiger partial charge >= 0.3 is 0 Å². The van der Waals surface area contributed by atoms with Gasteiger partial charge in [0.2, 0.25) is 5.75 Å². The normalized spacial score (nSPS) is 10.3. The van der Waals surface area contributed by atoms with Crippen LogP contribution in [0.1, 0.15) is 5.56 Å². The molecule has 0 fully saturated rings. The van der Waals surface area contributed by atoms with Crippen LogP contribution in [0.3, 0.4) is 0 Å². The quantitative estimate of drug-likeness (QED) is 0.710. The Kier molecular flexibility index (Phi) is 4.09. The lowest BCUT2D eigenvalue weighted by Gasteiger charge is -2.13. The first-order chi connectivity index (χ1) is 11.2. The minimum atomic E-state index is 0.540. The Morgan fingerprint density at radius 2 is 1.61 bits per heavy atom. The Balaban J connectivity index is 2.29. The van der Waals surface area contributed by atoms with Crippen LogP contribution in [-0.2, 0) is 0 Å². The van der Waals surface area contributed by atoms with E-state index in [1.54, 1.807) is 32.7 Å². The van der Waals surface area contributed by atoms with Crippen molar-refractivity contribution in [2.24, 2.45) is 0 Å². The third kappa shape index (κ3) is 2.47. The average Bonchev–Trinajstić information content (AvgIpc) is 2.98. The van der Waals surface area contributed by atoms with Gasteiger partial charge < -0.3 is 14.2 Å². The second kappa shape index (κ2) is 6.19. The summed E-state index contributed by atoms with van der Waals surface area (Å²) in [7, 11) is 4.73. The van der Waals surface area contributed by atoms with E-state index in [0.29, 0.717) is 22.8 Å². The van der Waals surface area contributed by atoms with Crippen LogP contribution in [0.25, 0.3) is 20.5 Å². The Labute approximate surface area is 138 Å². The Morgan fingerprint density at radius 1 is 0.957 bits per heavy atom. The summed E-state index contributed by atoms with van der Waals surface area (Å²) in [5.41, 5.74) is 1.54. The van der Waals surface area contributed by atoms with Gasteiger partial charge in [-0.05, 0) is 18.2 Å². The van der Waals surface area contributed by atoms with E-state index in [0.717, 1.165) is 20.5 Å². The number of hydrogen-bond acceptors (Lipinski definition) is 5. The highest BCUT2D eigenvalue weighted by Crippen LogP contribution is 2.45. The lowest BCUT2D eigenvalue weighted by molar-refractivity contribution is 0.324. The summed E-state index contributed by atoms with van der Waals surface area (Å²) < 4.78 is 17.2. The van der Waals surface area contributed by atoms with Crippen LogP contribution < -0.4 is 14.2 Å². The van der Waals surface area contributed by atoms with E-state index in [-0.39, 0.29) is 0 Å². The van der Waals surface area contributed by atoms with Crippen molar-refractivity contribution in [2.45, 2.75) is 0 Å². The molecule has 1 heterocycles. The lowest BCUT2D eigenvalue weighted by Crippen LogP contribution is -1.95. The van der Waals surface area contributed by atoms with E-state index in [4.69, 9.17) is 14.2 Å². The first-order valence-corrected chi connectivity index (χ1v) is 7.77. The second-order valence-corrected chi connectivity index (χ2v) is 5.88. The first kappa shape index (κ1) is 15.2. The van der Waals surface area contributed by atoms with Gasteiger partial charge in [0.15, 0.2) is 11.5 Å². The molecular weight excluding hydrogens is 310 g/mol. The summed E-state index contributed by atoms with van der Waals surface area (Å²) in [5.74, 6) is 1.68. The molecule has 0 bridgehead atoms. The van der Waals surface area contributed by atoms with Crippen molar-refractivity contribution in [1.82, 2.24) is 0 Å². The van der Waals surface area contributed by atoms with Crippen molar-refractivity contribution in [2.75, 3.05) is 21.3 Å². The molecule has 1 aromatic heterocycles. The highest BCUT2D eigenvalue weighted by atomic mass is 32.1. The van der Waals surface area contributed by atoms with E-state index in [1.807, 2.05) is 36.4 Å². The zero-order valence-electron chi connectivity index (χ0n) is 13.0. The molecule has 116 valence electrons. The molecule has 0 radical (unpaired) electrons. The summed E-state index contributed by atoms with van der Waals surface area (Å²) in [6, 6.07) is 13.9. The average molecular weight is 325 g/mol. The highest BCUT2D eigenvalue weighted by molar-refractivity contribution is 7.22. The van der Waals surface area contributed by atoms with Gasteiger partial charge in [0, 0.05) is 15.6 Å². The molecule has 0 saturated carbocycles. The van der Waals surface area contributed by atoms with Crippen molar-refractivity contribution in [3.63, 3.8) is 0 Å². The zero-order chi connectivity index (χ0) is 16.4. The number of benzene rings is 2. The predicted molar refractivity (Wildman–Crippen MR) is 91.6 cm³/mol. The molecule has 0 spiro atoms. The van der Waals surface area contributed by atoms with Gasteiger partial charge in [0.05, 0.1) is 31.8 Å². The molecule has 0 aliphatic rings. The highest BCUT2D eigenvalue weighted by Gasteiger charge is 2.18. The van der Waals surface area contributed by atoms with E-state index >= 15 is 0 Å². The third-order valence-electron chi connectivity index (χ3n) is 3.63. The summed E-state index contributed by atoms with van der Waals surface area (Å²) in [5, 5.41) is 10.6. The molecule has 0 unspecified atom stereocenters. The predicted octanol–water partition coefficient (Wildman–Crippen LogP) is 4.47. The monoisotopic (exact) mass is 325 g/mol. The van der Waals surface area contributed by atoms with E-state index < -0.39 is 0 Å². The molecule has 0 N–H and O–H groups in total. The van der Waals surface area contributed by atoms with Gasteiger partial charge in [-0.25, -0.2) is 0 Å². The minimum Gasteiger partial charge on any atom is -0.493 e. The maximum atomic E-state index is 9.59. The summed E-state index contributed by atoms with van der Waals surface area (Å²) in [6.45, 7) is 0. The van der Waals surface area contributed by atoms with Gasteiger partial charge in [-0.15, -0.1) is 11.3 Å². The SMILES string of the molecule is COc1cc(-c2sc3ccccc3c2C#N)cc(OC)c1OC. The fraction of sp³-hybridized carbons (Fsp3) is 0.167. The van der Waals surface area contributed by atoms with E-state index in [9.17, 15) is 5.26 Å². The summed E-state index contributed by atoms with van der Waals surface area (Å²) >= 11 is 1.58. The van der Waals surface area contributed by atoms with Gasteiger partial charge in [0.25, 0.3) is 0 Å². The number of rotatable bonds is 4. The van der Waals surface area contributed by atoms with Crippen molar-refractivity contribution in [3.8, 4) is 33.8 Å². The number of thiophene rings is 1. The largest absolute Gasteiger partial charge is 0.493 e. The molecule has 0 atom stereocenters. The number of nitriles is 1. The van der Waals surface area contributed by atoms with E-state index in [2.05, 4.69) is 6.07 Å². The fourth-order valence-corrected chi connectivity index (χ4v) is 3.71. The van der Waals surface area contributed by atoms with Crippen LogP contribution in [0, 0.1) is 11.3 Å². The molecule has 0 saturated heterocycles. The van der Waals surface area contributed by atoms with Crippen LogP contribution in [0.2, 0.25) is 0 Å². The lowest BCUT2D eigenvalue weighted by atomic mass is 10.1. The Hall–Kier alpha value is -2.71. The Morgan fingerprint density at radius 3 is 2.17 bits per heavy atom. The number of hydrogen-bond donors (Lipinski definition) is 0. The van der Waals surface area contributed by atoms with Gasteiger partial charge in [-0.3, -0.25) is 0 Å². The topological polar surface area (TPSA) is 51.5 Å². The van der Waals surface area contributed by atoms with Gasteiger partial charge in [0.1, 0.15) is 6.07 Å². The molecule has 23 heavy (non-hydrogen) atoms. The molecule has 3 rings (SSSR count). The van der Waals surface area contributed by atoms with Crippen LogP contribution in [0.5, 0.6) is 17.2 Å². The molecule has 5 heteroatoms. The molecular formula is C18H15NO3S. The number of fused-ring (bicyclic) bond motifs is 1. The van der Waals surface area contributed by atoms with Crippen LogP contribution in [0.15, 0.2) is 36.4 Å². The molecule has 4 nitrogen and oxygen atoms in total. The first-order valence-electron chi connectivity index (χ1n) is 6.95. The molecule has 0 aliphatic heterocycles. The molecule has 3 aromatic rings. The summed E-state index contributed by atoms with van der Waals surface area (Å²) in [4.78, 5) is 0.896. The van der Waals surface area contributed by atoms with Crippen molar-refractivity contribution in [3.05, 3.63) is 42.0 Å². The van der Waals surface area contributed by atoms with E-state index in [1.165, 1.54) is 0 Å². The van der Waals surface area contributed by atoms with Crippen LogP contribution in [-0.4, -0.2) is 21.3 Å². The van der Waals surface area contributed by atoms with Gasteiger partial charge in [-0.2, -0.15) is 5.26 Å². The molecule has 0 amide bonds. The van der Waals surface area contributed by atoms with Crippen LogP contribution in [0.4, 0.5) is 0 Å². The maximum Gasteiger partial charge on any atom is 0.203 e. The van der Waals surface area contributed by atoms with Gasteiger partial charge in [-0.1, -0.05) is 18.2 Å². The number of nitrogens with zero attached hydrogens (tertiary/aromatic N) is 1. The number of ether oxygens (including phenoxy) is 3.